The smallest absolute Gasteiger partial charge is 0.358 e. The summed E-state index contributed by atoms with van der Waals surface area (Å²) in [4.78, 5) is 11.5. The molecule has 0 amide bonds. The van der Waals surface area contributed by atoms with Gasteiger partial charge in [-0.15, -0.1) is 0 Å². The van der Waals surface area contributed by atoms with E-state index in [-0.39, 0.29) is 5.69 Å². The molecule has 1 aliphatic rings. The minimum absolute atomic E-state index is 0.287. The summed E-state index contributed by atoms with van der Waals surface area (Å²) in [7, 11) is 2.99. The zero-order valence-corrected chi connectivity index (χ0v) is 9.90. The van der Waals surface area contributed by atoms with Gasteiger partial charge in [0.15, 0.2) is 5.69 Å². The van der Waals surface area contributed by atoms with Gasteiger partial charge in [0, 0.05) is 7.05 Å². The molecule has 92 valence electrons. The summed E-state index contributed by atoms with van der Waals surface area (Å²) in [5.41, 5.74) is 8.26. The molecule has 0 bridgehead atoms. The molecule has 2 rings (SSSR count). The third kappa shape index (κ3) is 2.03. The molecule has 0 saturated carbocycles. The van der Waals surface area contributed by atoms with E-state index in [1.54, 1.807) is 7.05 Å². The summed E-state index contributed by atoms with van der Waals surface area (Å²) in [5, 5.41) is 4.27. The molecule has 2 N–H and O–H groups in total. The van der Waals surface area contributed by atoms with Crippen molar-refractivity contribution in [3.05, 3.63) is 17.5 Å². The maximum Gasteiger partial charge on any atom is 0.358 e. The predicted molar refractivity (Wildman–Crippen MR) is 62.4 cm³/mol. The molecule has 6 heteroatoms. The van der Waals surface area contributed by atoms with Gasteiger partial charge in [0.25, 0.3) is 0 Å². The van der Waals surface area contributed by atoms with Crippen LogP contribution in [0, 0.1) is 0 Å². The van der Waals surface area contributed by atoms with Crippen LogP contribution in [-0.4, -0.2) is 36.1 Å². The van der Waals surface area contributed by atoms with Crippen molar-refractivity contribution < 1.29 is 14.3 Å². The van der Waals surface area contributed by atoms with E-state index >= 15 is 0 Å². The van der Waals surface area contributed by atoms with Gasteiger partial charge in [-0.05, 0) is 12.0 Å². The average molecular weight is 237 g/mol. The number of carbonyl (C=O) groups is 1. The van der Waals surface area contributed by atoms with Crippen LogP contribution in [0.1, 0.15) is 22.6 Å². The summed E-state index contributed by atoms with van der Waals surface area (Å²) in [5.74, 6) is -0.476. The number of methoxy groups -OCH3 is 1. The summed E-state index contributed by atoms with van der Waals surface area (Å²) in [6.07, 6.45) is 2.69. The van der Waals surface area contributed by atoms with E-state index in [1.165, 1.54) is 11.8 Å². The van der Waals surface area contributed by atoms with Crippen LogP contribution in [0.25, 0.3) is 5.57 Å². The van der Waals surface area contributed by atoms with Crippen LogP contribution >= 0.6 is 0 Å². The number of nitrogens with zero attached hydrogens (tertiary/aromatic N) is 2. The monoisotopic (exact) mass is 237 g/mol. The number of anilines is 1. The second-order valence-electron chi connectivity index (χ2n) is 3.78. The molecule has 0 spiro atoms. The van der Waals surface area contributed by atoms with Crippen molar-refractivity contribution >= 4 is 17.2 Å². The quantitative estimate of drug-likeness (QED) is 0.762. The molecular formula is C11H15N3O3. The van der Waals surface area contributed by atoms with Gasteiger partial charge in [0.2, 0.25) is 0 Å². The second-order valence-corrected chi connectivity index (χ2v) is 3.78. The Morgan fingerprint density at radius 1 is 1.65 bits per heavy atom. The van der Waals surface area contributed by atoms with E-state index in [1.807, 2.05) is 6.08 Å². The van der Waals surface area contributed by atoms with E-state index in [9.17, 15) is 4.79 Å². The van der Waals surface area contributed by atoms with E-state index in [4.69, 9.17) is 10.5 Å². The maximum absolute atomic E-state index is 11.5. The standard InChI is InChI=1S/C11H15N3O3/c1-14-10(11(15)16-2)8(12)9(13-14)7-3-5-17-6-4-7/h3H,4-6,12H2,1-2H3. The highest BCUT2D eigenvalue weighted by Crippen LogP contribution is 2.27. The number of esters is 1. The summed E-state index contributed by atoms with van der Waals surface area (Å²) in [6, 6.07) is 0. The number of carbonyl (C=O) groups excluding carboxylic acids is 1. The molecule has 1 aromatic heterocycles. The first-order valence-corrected chi connectivity index (χ1v) is 5.33. The third-order valence-corrected chi connectivity index (χ3v) is 2.73. The lowest BCUT2D eigenvalue weighted by Crippen LogP contribution is -2.10. The summed E-state index contributed by atoms with van der Waals surface area (Å²) >= 11 is 0. The normalized spacial score (nSPS) is 15.5. The minimum atomic E-state index is -0.476. The third-order valence-electron chi connectivity index (χ3n) is 2.73. The van der Waals surface area contributed by atoms with E-state index in [0.29, 0.717) is 24.6 Å². The molecule has 0 atom stereocenters. The Labute approximate surface area is 99.0 Å². The van der Waals surface area contributed by atoms with Crippen molar-refractivity contribution in [1.82, 2.24) is 9.78 Å². The van der Waals surface area contributed by atoms with Crippen molar-refractivity contribution in [3.8, 4) is 0 Å². The first kappa shape index (κ1) is 11.7. The number of nitrogens with two attached hydrogens (primary N) is 1. The van der Waals surface area contributed by atoms with Crippen molar-refractivity contribution in [2.75, 3.05) is 26.1 Å². The zero-order valence-electron chi connectivity index (χ0n) is 9.90. The molecule has 0 aliphatic carbocycles. The van der Waals surface area contributed by atoms with Gasteiger partial charge < -0.3 is 15.2 Å². The molecule has 0 radical (unpaired) electrons. The molecule has 1 aromatic rings. The predicted octanol–water partition coefficient (Wildman–Crippen LogP) is 0.593. The van der Waals surface area contributed by atoms with Gasteiger partial charge in [-0.2, -0.15) is 5.10 Å². The molecule has 0 saturated heterocycles. The fraction of sp³-hybridized carbons (Fsp3) is 0.455. The van der Waals surface area contributed by atoms with Crippen molar-refractivity contribution in [2.45, 2.75) is 6.42 Å². The molecule has 2 heterocycles. The van der Waals surface area contributed by atoms with Gasteiger partial charge >= 0.3 is 5.97 Å². The fourth-order valence-corrected chi connectivity index (χ4v) is 1.86. The lowest BCUT2D eigenvalue weighted by molar-refractivity contribution is 0.0589. The van der Waals surface area contributed by atoms with Gasteiger partial charge in [-0.25, -0.2) is 4.79 Å². The Morgan fingerprint density at radius 2 is 2.41 bits per heavy atom. The highest BCUT2D eigenvalue weighted by Gasteiger charge is 2.23. The second kappa shape index (κ2) is 4.58. The number of nitrogen functional groups attached to an aromatic ring is 1. The lowest BCUT2D eigenvalue weighted by atomic mass is 10.1. The van der Waals surface area contributed by atoms with Crippen LogP contribution < -0.4 is 5.73 Å². The maximum atomic E-state index is 11.5. The van der Waals surface area contributed by atoms with Crippen LogP contribution in [0.5, 0.6) is 0 Å². The molecule has 0 aromatic carbocycles. The van der Waals surface area contributed by atoms with Crippen LogP contribution in [0.2, 0.25) is 0 Å². The molecule has 1 aliphatic heterocycles. The Bertz CT molecular complexity index is 477. The largest absolute Gasteiger partial charge is 0.464 e. The zero-order chi connectivity index (χ0) is 12.4. The van der Waals surface area contributed by atoms with Crippen LogP contribution in [0.15, 0.2) is 6.08 Å². The first-order valence-electron chi connectivity index (χ1n) is 5.33. The molecule has 17 heavy (non-hydrogen) atoms. The Hall–Kier alpha value is -1.82. The SMILES string of the molecule is COC(=O)c1c(N)c(C2=CCOCC2)nn1C. The molecule has 0 unspecified atom stereocenters. The van der Waals surface area contributed by atoms with Gasteiger partial charge in [-0.1, -0.05) is 6.08 Å². The Kier molecular flexibility index (Phi) is 3.14. The van der Waals surface area contributed by atoms with Gasteiger partial charge in [-0.3, -0.25) is 4.68 Å². The Balaban J connectivity index is 2.43. The highest BCUT2D eigenvalue weighted by atomic mass is 16.5. The van der Waals surface area contributed by atoms with Crippen molar-refractivity contribution in [1.29, 1.82) is 0 Å². The van der Waals surface area contributed by atoms with Crippen molar-refractivity contribution in [2.24, 2.45) is 7.05 Å². The van der Waals surface area contributed by atoms with Crippen LogP contribution in [-0.2, 0) is 16.5 Å². The number of aryl methyl sites for hydroxylation is 1. The van der Waals surface area contributed by atoms with Gasteiger partial charge in [0.1, 0.15) is 5.69 Å². The van der Waals surface area contributed by atoms with E-state index in [0.717, 1.165) is 12.0 Å². The highest BCUT2D eigenvalue weighted by molar-refractivity contribution is 5.96. The molecule has 6 nitrogen and oxygen atoms in total. The fourth-order valence-electron chi connectivity index (χ4n) is 1.86. The van der Waals surface area contributed by atoms with Crippen LogP contribution in [0.4, 0.5) is 5.69 Å². The number of ether oxygens (including phenoxy) is 2. The number of rotatable bonds is 2. The molecule has 0 fully saturated rings. The Morgan fingerprint density at radius 3 is 3.00 bits per heavy atom. The summed E-state index contributed by atoms with van der Waals surface area (Å²) < 4.78 is 11.3. The summed E-state index contributed by atoms with van der Waals surface area (Å²) in [6.45, 7) is 1.20. The van der Waals surface area contributed by atoms with Crippen molar-refractivity contribution in [3.63, 3.8) is 0 Å². The topological polar surface area (TPSA) is 79.4 Å². The average Bonchev–Trinajstić information content (AvgIpc) is 2.65. The first-order chi connectivity index (χ1) is 8.15. The number of hydrogen-bond donors (Lipinski definition) is 1. The number of hydrogen-bond acceptors (Lipinski definition) is 5. The molecular weight excluding hydrogens is 222 g/mol. The van der Waals surface area contributed by atoms with E-state index < -0.39 is 5.97 Å². The van der Waals surface area contributed by atoms with Crippen LogP contribution in [0.3, 0.4) is 0 Å². The number of aromatic nitrogens is 2. The van der Waals surface area contributed by atoms with Gasteiger partial charge in [0.05, 0.1) is 26.0 Å². The van der Waals surface area contributed by atoms with E-state index in [2.05, 4.69) is 9.84 Å². The lowest BCUT2D eigenvalue weighted by Gasteiger charge is -2.11. The minimum Gasteiger partial charge on any atom is -0.464 e.